The fraction of sp³-hybridized carbons (Fsp3) is 0.917. The van der Waals surface area contributed by atoms with Crippen molar-refractivity contribution in [1.82, 2.24) is 0 Å². The van der Waals surface area contributed by atoms with Gasteiger partial charge in [0.25, 0.3) is 0 Å². The molecule has 0 aromatic rings. The summed E-state index contributed by atoms with van der Waals surface area (Å²) in [4.78, 5) is 10.2. The van der Waals surface area contributed by atoms with Gasteiger partial charge in [-0.05, 0) is 24.4 Å². The minimum Gasteiger partial charge on any atom is -0.303 e. The van der Waals surface area contributed by atoms with Crippen LogP contribution in [0.3, 0.4) is 0 Å². The number of carbonyl (C=O) groups is 1. The zero-order chi connectivity index (χ0) is 10.8. The monoisotopic (exact) mass is 216 g/mol. The summed E-state index contributed by atoms with van der Waals surface area (Å²) in [6.45, 7) is 4.56. The van der Waals surface area contributed by atoms with E-state index in [1.807, 2.05) is 0 Å². The number of rotatable bonds is 9. The Morgan fingerprint density at radius 1 is 1.07 bits per heavy atom. The summed E-state index contributed by atoms with van der Waals surface area (Å²) in [5, 5.41) is 0. The molecule has 1 nitrogen and oxygen atoms in total. The smallest absolute Gasteiger partial charge is 0.120 e. The molecule has 0 N–H and O–H groups in total. The van der Waals surface area contributed by atoms with E-state index in [1.54, 1.807) is 0 Å². The molecule has 0 aliphatic carbocycles. The maximum absolute atomic E-state index is 10.2. The van der Waals surface area contributed by atoms with Crippen molar-refractivity contribution in [2.75, 3.05) is 6.16 Å². The summed E-state index contributed by atoms with van der Waals surface area (Å²) in [5.41, 5.74) is 0. The van der Waals surface area contributed by atoms with Crippen molar-refractivity contribution in [3.8, 4) is 0 Å². The predicted octanol–water partition coefficient (Wildman–Crippen LogP) is 3.67. The minimum atomic E-state index is 0.728. The summed E-state index contributed by atoms with van der Waals surface area (Å²) >= 11 is 0. The summed E-state index contributed by atoms with van der Waals surface area (Å²) in [6.07, 6.45) is 9.39. The second kappa shape index (κ2) is 9.65. The molecule has 0 aliphatic heterocycles. The SMILES string of the molecule is CC(CP)CCCCC(C)CCC=O. The molecular weight excluding hydrogens is 191 g/mol. The lowest BCUT2D eigenvalue weighted by Gasteiger charge is -2.11. The topological polar surface area (TPSA) is 17.1 Å². The highest BCUT2D eigenvalue weighted by atomic mass is 31.0. The van der Waals surface area contributed by atoms with Crippen LogP contribution in [0.4, 0.5) is 0 Å². The Bertz CT molecular complexity index is 136. The normalized spacial score (nSPS) is 15.1. The molecule has 3 atom stereocenters. The molecule has 0 fully saturated rings. The molecule has 0 rings (SSSR count). The first kappa shape index (κ1) is 14.1. The first-order valence-corrected chi connectivity index (χ1v) is 6.66. The van der Waals surface area contributed by atoms with Gasteiger partial charge in [0.05, 0.1) is 0 Å². The maximum atomic E-state index is 10.2. The molecule has 0 amide bonds. The Hall–Kier alpha value is 0.100. The quantitative estimate of drug-likeness (QED) is 0.326. The molecule has 14 heavy (non-hydrogen) atoms. The van der Waals surface area contributed by atoms with Crippen LogP contribution >= 0.6 is 9.24 Å². The first-order chi connectivity index (χ1) is 6.70. The van der Waals surface area contributed by atoms with Crippen LogP contribution in [0.2, 0.25) is 0 Å². The Balaban J connectivity index is 3.22. The van der Waals surface area contributed by atoms with Crippen molar-refractivity contribution in [3.63, 3.8) is 0 Å². The Labute approximate surface area is 91.2 Å². The Morgan fingerprint density at radius 2 is 1.64 bits per heavy atom. The maximum Gasteiger partial charge on any atom is 0.120 e. The van der Waals surface area contributed by atoms with Gasteiger partial charge in [-0.1, -0.05) is 39.5 Å². The van der Waals surface area contributed by atoms with Gasteiger partial charge in [-0.25, -0.2) is 0 Å². The van der Waals surface area contributed by atoms with E-state index >= 15 is 0 Å². The highest BCUT2D eigenvalue weighted by Gasteiger charge is 2.02. The van der Waals surface area contributed by atoms with Gasteiger partial charge in [0.15, 0.2) is 0 Å². The number of hydrogen-bond donors (Lipinski definition) is 0. The van der Waals surface area contributed by atoms with E-state index in [4.69, 9.17) is 0 Å². The van der Waals surface area contributed by atoms with Gasteiger partial charge in [-0.3, -0.25) is 0 Å². The standard InChI is InChI=1S/C12H25OP/c1-11(8-5-9-13)6-3-4-7-12(2)10-14/h9,11-12H,3-8,10,14H2,1-2H3. The van der Waals surface area contributed by atoms with Crippen molar-refractivity contribution in [2.45, 2.75) is 52.4 Å². The zero-order valence-corrected chi connectivity index (χ0v) is 10.8. The van der Waals surface area contributed by atoms with Crippen LogP contribution in [0.25, 0.3) is 0 Å². The summed E-state index contributed by atoms with van der Waals surface area (Å²) in [7, 11) is 2.81. The van der Waals surface area contributed by atoms with Gasteiger partial charge in [0, 0.05) is 6.42 Å². The van der Waals surface area contributed by atoms with Crippen LogP contribution in [0.5, 0.6) is 0 Å². The van der Waals surface area contributed by atoms with Crippen LogP contribution in [-0.4, -0.2) is 12.4 Å². The van der Waals surface area contributed by atoms with Gasteiger partial charge in [0.1, 0.15) is 6.29 Å². The van der Waals surface area contributed by atoms with Crippen molar-refractivity contribution in [1.29, 1.82) is 0 Å². The van der Waals surface area contributed by atoms with Crippen molar-refractivity contribution >= 4 is 15.5 Å². The van der Waals surface area contributed by atoms with Gasteiger partial charge in [-0.15, -0.1) is 9.24 Å². The molecule has 0 saturated carbocycles. The lowest BCUT2D eigenvalue weighted by Crippen LogP contribution is -1.98. The number of aldehydes is 1. The largest absolute Gasteiger partial charge is 0.303 e. The van der Waals surface area contributed by atoms with Crippen LogP contribution in [-0.2, 0) is 4.79 Å². The fourth-order valence-electron chi connectivity index (χ4n) is 1.60. The third-order valence-corrected chi connectivity index (χ3v) is 3.63. The highest BCUT2D eigenvalue weighted by Crippen LogP contribution is 2.17. The molecule has 0 heterocycles. The van der Waals surface area contributed by atoms with E-state index in [0.717, 1.165) is 31.0 Å². The van der Waals surface area contributed by atoms with Gasteiger partial charge in [-0.2, -0.15) is 0 Å². The van der Waals surface area contributed by atoms with E-state index in [2.05, 4.69) is 23.1 Å². The highest BCUT2D eigenvalue weighted by molar-refractivity contribution is 7.16. The lowest BCUT2D eigenvalue weighted by molar-refractivity contribution is -0.108. The predicted molar refractivity (Wildman–Crippen MR) is 66.7 cm³/mol. The summed E-state index contributed by atoms with van der Waals surface area (Å²) in [6, 6.07) is 0. The van der Waals surface area contributed by atoms with E-state index < -0.39 is 0 Å². The van der Waals surface area contributed by atoms with Gasteiger partial charge < -0.3 is 4.79 Å². The Morgan fingerprint density at radius 3 is 2.14 bits per heavy atom. The summed E-state index contributed by atoms with van der Waals surface area (Å²) < 4.78 is 0. The number of hydrogen-bond acceptors (Lipinski definition) is 1. The molecule has 0 saturated heterocycles. The molecule has 3 unspecified atom stereocenters. The van der Waals surface area contributed by atoms with Crippen LogP contribution in [0, 0.1) is 11.8 Å². The molecule has 0 spiro atoms. The third-order valence-electron chi connectivity index (χ3n) is 2.82. The first-order valence-electron chi connectivity index (χ1n) is 5.84. The number of carbonyl (C=O) groups excluding carboxylic acids is 1. The van der Waals surface area contributed by atoms with E-state index in [-0.39, 0.29) is 0 Å². The molecule has 0 aromatic heterocycles. The lowest BCUT2D eigenvalue weighted by atomic mass is 9.97. The average Bonchev–Trinajstić information content (AvgIpc) is 2.21. The van der Waals surface area contributed by atoms with Crippen LogP contribution in [0.1, 0.15) is 52.4 Å². The van der Waals surface area contributed by atoms with Crippen molar-refractivity contribution < 1.29 is 4.79 Å². The third kappa shape index (κ3) is 8.69. The minimum absolute atomic E-state index is 0.728. The van der Waals surface area contributed by atoms with Crippen molar-refractivity contribution in [3.05, 3.63) is 0 Å². The van der Waals surface area contributed by atoms with E-state index in [0.29, 0.717) is 0 Å². The second-order valence-electron chi connectivity index (χ2n) is 4.47. The molecule has 0 aromatic carbocycles. The molecule has 0 bridgehead atoms. The van der Waals surface area contributed by atoms with E-state index in [1.165, 1.54) is 31.8 Å². The van der Waals surface area contributed by atoms with Gasteiger partial charge >= 0.3 is 0 Å². The fourth-order valence-corrected chi connectivity index (χ4v) is 1.84. The molecule has 2 heteroatoms. The van der Waals surface area contributed by atoms with E-state index in [9.17, 15) is 4.79 Å². The van der Waals surface area contributed by atoms with Crippen molar-refractivity contribution in [2.24, 2.45) is 11.8 Å². The Kier molecular flexibility index (Phi) is 9.72. The summed E-state index contributed by atoms with van der Waals surface area (Å²) in [5.74, 6) is 1.58. The van der Waals surface area contributed by atoms with Crippen LogP contribution < -0.4 is 0 Å². The molecule has 84 valence electrons. The average molecular weight is 216 g/mol. The number of unbranched alkanes of at least 4 members (excludes halogenated alkanes) is 1. The van der Waals surface area contributed by atoms with Gasteiger partial charge in [0.2, 0.25) is 0 Å². The van der Waals surface area contributed by atoms with Crippen LogP contribution in [0.15, 0.2) is 0 Å². The zero-order valence-electron chi connectivity index (χ0n) is 9.67. The molecule has 0 radical (unpaired) electrons. The molecular formula is C12H25OP. The second-order valence-corrected chi connectivity index (χ2v) is 4.95. The molecule has 0 aliphatic rings.